The number of aromatic amines is 1. The highest BCUT2D eigenvalue weighted by Gasteiger charge is 2.15. The molecule has 9 heteroatoms. The van der Waals surface area contributed by atoms with Crippen LogP contribution in [0.1, 0.15) is 22.3 Å². The fraction of sp³-hybridized carbons (Fsp3) is 0.176. The highest BCUT2D eigenvalue weighted by molar-refractivity contribution is 7.20. The summed E-state index contributed by atoms with van der Waals surface area (Å²) in [6, 6.07) is 8.55. The average molecular weight is 372 g/mol. The molecule has 1 aromatic carbocycles. The van der Waals surface area contributed by atoms with Crippen molar-refractivity contribution in [3.8, 4) is 0 Å². The lowest BCUT2D eigenvalue weighted by atomic mass is 10.2. The van der Waals surface area contributed by atoms with E-state index < -0.39 is 11.8 Å². The highest BCUT2D eigenvalue weighted by Crippen LogP contribution is 2.28. The Bertz CT molecular complexity index is 949. The first-order valence-corrected chi connectivity index (χ1v) is 8.66. The minimum absolute atomic E-state index is 0.179. The minimum Gasteiger partial charge on any atom is -0.462 e. The Kier molecular flexibility index (Phi) is 5.28. The first kappa shape index (κ1) is 17.6. The predicted molar refractivity (Wildman–Crippen MR) is 96.8 cm³/mol. The van der Waals surface area contributed by atoms with Gasteiger partial charge in [0.05, 0.1) is 18.8 Å². The van der Waals surface area contributed by atoms with Crippen molar-refractivity contribution in [1.82, 2.24) is 15.5 Å². The Morgan fingerprint density at radius 3 is 2.77 bits per heavy atom. The summed E-state index contributed by atoms with van der Waals surface area (Å²) in [5.74, 6) is -1.90. The second-order valence-electron chi connectivity index (χ2n) is 5.30. The molecule has 0 aliphatic rings. The monoisotopic (exact) mass is 372 g/mol. The lowest BCUT2D eigenvalue weighted by molar-refractivity contribution is -0.136. The van der Waals surface area contributed by atoms with E-state index in [2.05, 4.69) is 20.8 Å². The van der Waals surface area contributed by atoms with Crippen LogP contribution >= 0.6 is 11.3 Å². The molecule has 0 bridgehead atoms. The number of hydrogen-bond acceptors (Lipinski definition) is 6. The molecule has 2 aromatic heterocycles. The molecule has 3 rings (SSSR count). The zero-order valence-corrected chi connectivity index (χ0v) is 14.7. The molecule has 3 N–H and O–H groups in total. The van der Waals surface area contributed by atoms with Crippen molar-refractivity contribution in [3.05, 3.63) is 47.1 Å². The molecule has 8 nitrogen and oxygen atoms in total. The van der Waals surface area contributed by atoms with Gasteiger partial charge in [0.15, 0.2) is 0 Å². The number of amides is 2. The molecule has 0 radical (unpaired) electrons. The van der Waals surface area contributed by atoms with Gasteiger partial charge in [-0.2, -0.15) is 5.10 Å². The van der Waals surface area contributed by atoms with E-state index in [1.54, 1.807) is 43.5 Å². The number of esters is 1. The maximum Gasteiger partial charge on any atom is 0.348 e. The van der Waals surface area contributed by atoms with Gasteiger partial charge in [0.25, 0.3) is 0 Å². The molecule has 3 aromatic rings. The van der Waals surface area contributed by atoms with Crippen LogP contribution in [0.3, 0.4) is 0 Å². The van der Waals surface area contributed by atoms with Crippen molar-refractivity contribution in [2.75, 3.05) is 11.9 Å². The molecule has 2 amide bonds. The van der Waals surface area contributed by atoms with E-state index in [0.29, 0.717) is 22.9 Å². The fourth-order valence-corrected chi connectivity index (χ4v) is 3.19. The van der Waals surface area contributed by atoms with Gasteiger partial charge in [-0.25, -0.2) is 4.79 Å². The number of fused-ring (bicyclic) bond motifs is 1. The molecule has 0 aliphatic heterocycles. The van der Waals surface area contributed by atoms with Gasteiger partial charge in [-0.1, -0.05) is 0 Å². The topological polar surface area (TPSA) is 113 Å². The van der Waals surface area contributed by atoms with Crippen LogP contribution < -0.4 is 10.6 Å². The number of hydrogen-bond donors (Lipinski definition) is 3. The Balaban J connectivity index is 1.65. The molecule has 0 spiro atoms. The van der Waals surface area contributed by atoms with Crippen LogP contribution in [0.15, 0.2) is 36.5 Å². The van der Waals surface area contributed by atoms with Crippen molar-refractivity contribution < 1.29 is 19.1 Å². The summed E-state index contributed by atoms with van der Waals surface area (Å²) in [5.41, 5.74) is 1.16. The molecule has 134 valence electrons. The summed E-state index contributed by atoms with van der Waals surface area (Å²) in [7, 11) is 0. The second kappa shape index (κ2) is 7.79. The van der Waals surface area contributed by atoms with Crippen LogP contribution in [0.4, 0.5) is 5.69 Å². The maximum absolute atomic E-state index is 12.0. The van der Waals surface area contributed by atoms with Crippen LogP contribution in [0.25, 0.3) is 10.1 Å². The fourth-order valence-electron chi connectivity index (χ4n) is 2.25. The first-order chi connectivity index (χ1) is 12.6. The quantitative estimate of drug-likeness (QED) is 0.469. The molecule has 0 unspecified atom stereocenters. The molecule has 0 atom stereocenters. The van der Waals surface area contributed by atoms with E-state index >= 15 is 0 Å². The number of anilines is 1. The standard InChI is InChI=1S/C17H16N4O4S/c1-2-25-17(24)14-8-10-7-11(3-4-13(10)26-14)20-16(23)15(22)18-9-12-5-6-19-21-12/h3-8H,2,9H2,1H3,(H,18,22)(H,19,21)(H,20,23). The summed E-state index contributed by atoms with van der Waals surface area (Å²) < 4.78 is 5.87. The van der Waals surface area contributed by atoms with Crippen molar-refractivity contribution in [1.29, 1.82) is 0 Å². The van der Waals surface area contributed by atoms with Crippen molar-refractivity contribution in [3.63, 3.8) is 0 Å². The summed E-state index contributed by atoms with van der Waals surface area (Å²) in [5, 5.41) is 12.3. The number of carbonyl (C=O) groups is 3. The number of nitrogens with zero attached hydrogens (tertiary/aromatic N) is 1. The van der Waals surface area contributed by atoms with Crippen LogP contribution in [-0.4, -0.2) is 34.6 Å². The number of benzene rings is 1. The Hall–Kier alpha value is -3.20. The van der Waals surface area contributed by atoms with Crippen molar-refractivity contribution in [2.24, 2.45) is 0 Å². The van der Waals surface area contributed by atoms with Crippen LogP contribution in [0, 0.1) is 0 Å². The maximum atomic E-state index is 12.0. The van der Waals surface area contributed by atoms with E-state index in [1.807, 2.05) is 0 Å². The lowest BCUT2D eigenvalue weighted by Crippen LogP contribution is -2.35. The molecule has 26 heavy (non-hydrogen) atoms. The summed E-state index contributed by atoms with van der Waals surface area (Å²) in [6.45, 7) is 2.23. The van der Waals surface area contributed by atoms with Crippen LogP contribution in [-0.2, 0) is 20.9 Å². The van der Waals surface area contributed by atoms with Gasteiger partial charge < -0.3 is 15.4 Å². The number of rotatable bonds is 5. The van der Waals surface area contributed by atoms with Gasteiger partial charge in [-0.3, -0.25) is 14.7 Å². The Morgan fingerprint density at radius 1 is 1.19 bits per heavy atom. The average Bonchev–Trinajstić information content (AvgIpc) is 3.28. The Labute approximate surface area is 152 Å². The third kappa shape index (κ3) is 4.06. The summed E-state index contributed by atoms with van der Waals surface area (Å²) >= 11 is 1.31. The number of H-pyrrole nitrogens is 1. The molecular formula is C17H16N4O4S. The third-order valence-electron chi connectivity index (χ3n) is 3.45. The number of aromatic nitrogens is 2. The number of ether oxygens (including phenoxy) is 1. The van der Waals surface area contributed by atoms with Gasteiger partial charge in [0.1, 0.15) is 4.88 Å². The van der Waals surface area contributed by atoms with Crippen LogP contribution in [0.2, 0.25) is 0 Å². The highest BCUT2D eigenvalue weighted by atomic mass is 32.1. The van der Waals surface area contributed by atoms with Crippen molar-refractivity contribution in [2.45, 2.75) is 13.5 Å². The summed E-state index contributed by atoms with van der Waals surface area (Å²) in [6.07, 6.45) is 1.56. The SMILES string of the molecule is CCOC(=O)c1cc2cc(NC(=O)C(=O)NCc3ccn[nH]3)ccc2s1. The minimum atomic E-state index is -0.773. The van der Waals surface area contributed by atoms with Gasteiger partial charge in [0, 0.05) is 16.6 Å². The van der Waals surface area contributed by atoms with Crippen LogP contribution in [0.5, 0.6) is 0 Å². The number of thiophene rings is 1. The third-order valence-corrected chi connectivity index (χ3v) is 4.55. The predicted octanol–water partition coefficient (Wildman–Crippen LogP) is 2.06. The molecular weight excluding hydrogens is 356 g/mol. The molecule has 0 saturated carbocycles. The molecule has 2 heterocycles. The zero-order valence-electron chi connectivity index (χ0n) is 13.9. The second-order valence-corrected chi connectivity index (χ2v) is 6.39. The lowest BCUT2D eigenvalue weighted by Gasteiger charge is -2.06. The van der Waals surface area contributed by atoms with Gasteiger partial charge >= 0.3 is 17.8 Å². The number of nitrogens with one attached hydrogen (secondary N) is 3. The van der Waals surface area contributed by atoms with Gasteiger partial charge in [0.2, 0.25) is 0 Å². The van der Waals surface area contributed by atoms with E-state index in [0.717, 1.165) is 10.1 Å². The molecule has 0 aliphatic carbocycles. The number of carbonyl (C=O) groups excluding carboxylic acids is 3. The van der Waals surface area contributed by atoms with Crippen molar-refractivity contribution >= 4 is 44.9 Å². The normalized spacial score (nSPS) is 10.5. The van der Waals surface area contributed by atoms with E-state index in [1.165, 1.54) is 11.3 Å². The van der Waals surface area contributed by atoms with E-state index in [9.17, 15) is 14.4 Å². The largest absolute Gasteiger partial charge is 0.462 e. The first-order valence-electron chi connectivity index (χ1n) is 7.85. The molecule has 0 fully saturated rings. The Morgan fingerprint density at radius 2 is 2.04 bits per heavy atom. The summed E-state index contributed by atoms with van der Waals surface area (Å²) in [4.78, 5) is 36.1. The van der Waals surface area contributed by atoms with Gasteiger partial charge in [-0.05, 0) is 42.6 Å². The molecule has 0 saturated heterocycles. The van der Waals surface area contributed by atoms with Gasteiger partial charge in [-0.15, -0.1) is 11.3 Å². The smallest absolute Gasteiger partial charge is 0.348 e. The van der Waals surface area contributed by atoms with E-state index in [4.69, 9.17) is 4.74 Å². The zero-order chi connectivity index (χ0) is 18.5. The van der Waals surface area contributed by atoms with E-state index in [-0.39, 0.29) is 12.5 Å².